The Labute approximate surface area is 121 Å². The molecule has 2 nitrogen and oxygen atoms in total. The summed E-state index contributed by atoms with van der Waals surface area (Å²) in [7, 11) is 0. The number of thioether (sulfide) groups is 1. The van der Waals surface area contributed by atoms with E-state index >= 15 is 0 Å². The van der Waals surface area contributed by atoms with E-state index in [-0.39, 0.29) is 0 Å². The molecule has 0 amide bonds. The molecule has 0 aromatic rings. The first-order valence-corrected chi connectivity index (χ1v) is 8.97. The summed E-state index contributed by atoms with van der Waals surface area (Å²) < 4.78 is 0.430. The molecular formula is C14H26N2S2. The highest BCUT2D eigenvalue weighted by atomic mass is 32.2. The minimum atomic E-state index is 0.430. The monoisotopic (exact) mass is 286 g/mol. The minimum Gasteiger partial charge on any atom is -0.361 e. The molecule has 2 saturated carbocycles. The molecule has 0 radical (unpaired) electrons. The summed E-state index contributed by atoms with van der Waals surface area (Å²) in [6.07, 6.45) is 14.4. The highest BCUT2D eigenvalue weighted by molar-refractivity contribution is 8.00. The molecule has 2 aliphatic rings. The maximum atomic E-state index is 5.43. The van der Waals surface area contributed by atoms with Crippen molar-refractivity contribution in [2.24, 2.45) is 0 Å². The van der Waals surface area contributed by atoms with Gasteiger partial charge in [-0.15, -0.1) is 0 Å². The fraction of sp³-hybridized carbons (Fsp3) is 0.929. The van der Waals surface area contributed by atoms with Crippen molar-refractivity contribution in [3.05, 3.63) is 0 Å². The predicted molar refractivity (Wildman–Crippen MR) is 85.3 cm³/mol. The van der Waals surface area contributed by atoms with Crippen LogP contribution < -0.4 is 10.6 Å². The quantitative estimate of drug-likeness (QED) is 0.773. The zero-order valence-corrected chi connectivity index (χ0v) is 13.1. The van der Waals surface area contributed by atoms with Gasteiger partial charge in [-0.1, -0.05) is 32.1 Å². The van der Waals surface area contributed by atoms with Gasteiger partial charge in [0.05, 0.1) is 0 Å². The van der Waals surface area contributed by atoms with Gasteiger partial charge in [0.15, 0.2) is 5.11 Å². The molecule has 2 fully saturated rings. The van der Waals surface area contributed by atoms with Crippen LogP contribution in [0, 0.1) is 0 Å². The molecule has 0 spiro atoms. The van der Waals surface area contributed by atoms with Crippen LogP contribution >= 0.6 is 24.0 Å². The first-order valence-electron chi connectivity index (χ1n) is 7.34. The van der Waals surface area contributed by atoms with Crippen molar-refractivity contribution < 1.29 is 0 Å². The molecule has 2 aliphatic carbocycles. The van der Waals surface area contributed by atoms with Crippen LogP contribution in [0.25, 0.3) is 0 Å². The largest absolute Gasteiger partial charge is 0.361 e. The lowest BCUT2D eigenvalue weighted by atomic mass is 9.88. The second-order valence-corrected chi connectivity index (χ2v) is 7.44. The molecule has 0 atom stereocenters. The molecule has 2 rings (SSSR count). The smallest absolute Gasteiger partial charge is 0.166 e. The molecule has 18 heavy (non-hydrogen) atoms. The molecule has 0 unspecified atom stereocenters. The average Bonchev–Trinajstić information content (AvgIpc) is 2.90. The van der Waals surface area contributed by atoms with Gasteiger partial charge in [-0.2, -0.15) is 11.8 Å². The third-order valence-electron chi connectivity index (χ3n) is 4.46. The van der Waals surface area contributed by atoms with Crippen LogP contribution in [0.2, 0.25) is 0 Å². The number of nitrogens with one attached hydrogen (secondary N) is 2. The summed E-state index contributed by atoms with van der Waals surface area (Å²) in [6.45, 7) is 1.03. The van der Waals surface area contributed by atoms with E-state index in [1.54, 1.807) is 0 Å². The summed E-state index contributed by atoms with van der Waals surface area (Å²) in [5.41, 5.74) is 0. The van der Waals surface area contributed by atoms with Gasteiger partial charge in [-0.05, 0) is 44.2 Å². The summed E-state index contributed by atoms with van der Waals surface area (Å²) in [4.78, 5) is 0. The predicted octanol–water partition coefficient (Wildman–Crippen LogP) is 3.46. The molecular weight excluding hydrogens is 260 g/mol. The number of thiocarbonyl (C=S) groups is 1. The molecule has 0 aromatic carbocycles. The van der Waals surface area contributed by atoms with E-state index in [1.807, 2.05) is 11.8 Å². The molecule has 0 heterocycles. The Morgan fingerprint density at radius 3 is 2.44 bits per heavy atom. The lowest BCUT2D eigenvalue weighted by Gasteiger charge is -2.36. The van der Waals surface area contributed by atoms with Crippen LogP contribution in [-0.2, 0) is 0 Å². The lowest BCUT2D eigenvalue weighted by Crippen LogP contribution is -2.47. The van der Waals surface area contributed by atoms with Crippen molar-refractivity contribution in [2.75, 3.05) is 12.8 Å². The van der Waals surface area contributed by atoms with Gasteiger partial charge in [0, 0.05) is 17.3 Å². The minimum absolute atomic E-state index is 0.430. The summed E-state index contributed by atoms with van der Waals surface area (Å²) in [5, 5.41) is 7.82. The Hall–Kier alpha value is 0.0400. The van der Waals surface area contributed by atoms with Gasteiger partial charge >= 0.3 is 0 Å². The van der Waals surface area contributed by atoms with Gasteiger partial charge in [0.25, 0.3) is 0 Å². The Morgan fingerprint density at radius 1 is 1.17 bits per heavy atom. The van der Waals surface area contributed by atoms with Crippen LogP contribution in [0.5, 0.6) is 0 Å². The van der Waals surface area contributed by atoms with Crippen LogP contribution in [-0.4, -0.2) is 28.7 Å². The third-order valence-corrected chi connectivity index (χ3v) is 6.14. The van der Waals surface area contributed by atoms with E-state index in [0.29, 0.717) is 10.8 Å². The van der Waals surface area contributed by atoms with E-state index in [9.17, 15) is 0 Å². The molecule has 2 N–H and O–H groups in total. The highest BCUT2D eigenvalue weighted by Gasteiger charge is 2.31. The van der Waals surface area contributed by atoms with Crippen molar-refractivity contribution in [2.45, 2.75) is 68.6 Å². The number of rotatable bonds is 4. The van der Waals surface area contributed by atoms with Crippen LogP contribution in [0.1, 0.15) is 57.8 Å². The standard InChI is InChI=1S/C14H26N2S2/c1-18-14(9-5-2-6-10-14)11-15-13(17)16-12-7-3-4-8-12/h12H,2-11H2,1H3,(H2,15,16,17). The van der Waals surface area contributed by atoms with Crippen molar-refractivity contribution in [1.29, 1.82) is 0 Å². The average molecular weight is 287 g/mol. The highest BCUT2D eigenvalue weighted by Crippen LogP contribution is 2.37. The Kier molecular flexibility index (Phi) is 5.61. The van der Waals surface area contributed by atoms with Gasteiger partial charge in [0.2, 0.25) is 0 Å². The fourth-order valence-corrected chi connectivity index (χ4v) is 4.35. The maximum absolute atomic E-state index is 5.43. The first-order chi connectivity index (χ1) is 8.74. The summed E-state index contributed by atoms with van der Waals surface area (Å²) in [5.74, 6) is 0. The van der Waals surface area contributed by atoms with Gasteiger partial charge < -0.3 is 10.6 Å². The first kappa shape index (κ1) is 14.4. The molecule has 0 saturated heterocycles. The maximum Gasteiger partial charge on any atom is 0.166 e. The molecule has 0 bridgehead atoms. The van der Waals surface area contributed by atoms with E-state index in [1.165, 1.54) is 57.8 Å². The van der Waals surface area contributed by atoms with E-state index < -0.39 is 0 Å². The Morgan fingerprint density at radius 2 is 1.83 bits per heavy atom. The van der Waals surface area contributed by atoms with Crippen molar-refractivity contribution in [3.8, 4) is 0 Å². The zero-order chi connectivity index (χ0) is 12.8. The molecule has 104 valence electrons. The van der Waals surface area contributed by atoms with Crippen molar-refractivity contribution in [1.82, 2.24) is 10.6 Å². The van der Waals surface area contributed by atoms with Crippen LogP contribution in [0.15, 0.2) is 0 Å². The van der Waals surface area contributed by atoms with Gasteiger partial charge in [-0.25, -0.2) is 0 Å². The SMILES string of the molecule is CSC1(CNC(=S)NC2CCCC2)CCCCC1. The number of hydrogen-bond acceptors (Lipinski definition) is 2. The van der Waals surface area contributed by atoms with Crippen LogP contribution in [0.4, 0.5) is 0 Å². The van der Waals surface area contributed by atoms with E-state index in [2.05, 4.69) is 16.9 Å². The Bertz CT molecular complexity index is 269. The molecule has 4 heteroatoms. The summed E-state index contributed by atoms with van der Waals surface area (Å²) in [6, 6.07) is 0.626. The third kappa shape index (κ3) is 4.02. The second kappa shape index (κ2) is 6.99. The summed E-state index contributed by atoms with van der Waals surface area (Å²) >= 11 is 7.45. The van der Waals surface area contributed by atoms with E-state index in [4.69, 9.17) is 12.2 Å². The van der Waals surface area contributed by atoms with Crippen molar-refractivity contribution >= 4 is 29.1 Å². The molecule has 0 aliphatic heterocycles. The van der Waals surface area contributed by atoms with E-state index in [0.717, 1.165) is 11.7 Å². The second-order valence-electron chi connectivity index (χ2n) is 5.76. The van der Waals surface area contributed by atoms with Crippen molar-refractivity contribution in [3.63, 3.8) is 0 Å². The van der Waals surface area contributed by atoms with Gasteiger partial charge in [-0.3, -0.25) is 0 Å². The lowest BCUT2D eigenvalue weighted by molar-refractivity contribution is 0.394. The van der Waals surface area contributed by atoms with Gasteiger partial charge in [0.1, 0.15) is 0 Å². The zero-order valence-electron chi connectivity index (χ0n) is 11.5. The normalized spacial score (nSPS) is 23.8. The Balaban J connectivity index is 1.73. The molecule has 0 aromatic heterocycles. The number of hydrogen-bond donors (Lipinski definition) is 2. The van der Waals surface area contributed by atoms with Crippen LogP contribution in [0.3, 0.4) is 0 Å². The fourth-order valence-electron chi connectivity index (χ4n) is 3.20. The topological polar surface area (TPSA) is 24.1 Å².